The number of anilines is 3. The summed E-state index contributed by atoms with van der Waals surface area (Å²) in [5, 5.41) is 11.7. The van der Waals surface area contributed by atoms with Crippen molar-refractivity contribution in [2.24, 2.45) is 0 Å². The van der Waals surface area contributed by atoms with Gasteiger partial charge in [0.05, 0.1) is 23.0 Å². The van der Waals surface area contributed by atoms with Crippen LogP contribution in [-0.2, 0) is 17.9 Å². The number of rotatable bonds is 7. The number of carbonyl (C=O) groups is 1. The van der Waals surface area contributed by atoms with E-state index in [9.17, 15) is 9.18 Å². The molecule has 5 aromatic rings. The molecule has 3 aromatic heterocycles. The van der Waals surface area contributed by atoms with E-state index in [-0.39, 0.29) is 18.3 Å². The highest BCUT2D eigenvalue weighted by Gasteiger charge is 2.19. The maximum absolute atomic E-state index is 13.0. The highest BCUT2D eigenvalue weighted by Crippen LogP contribution is 2.32. The Morgan fingerprint density at radius 1 is 1.06 bits per heavy atom. The second kappa shape index (κ2) is 9.09. The Bertz CT molecular complexity index is 1350. The second-order valence-corrected chi connectivity index (χ2v) is 8.07. The summed E-state index contributed by atoms with van der Waals surface area (Å²) < 4.78 is 15.5. The molecule has 0 aliphatic heterocycles. The summed E-state index contributed by atoms with van der Waals surface area (Å²) in [5.74, 6) is -0.179. The third kappa shape index (κ3) is 4.83. The van der Waals surface area contributed by atoms with Crippen molar-refractivity contribution < 1.29 is 9.18 Å². The van der Waals surface area contributed by atoms with Crippen molar-refractivity contribution in [3.63, 3.8) is 0 Å². The molecular formula is C22H17FN8OS. The number of nitrogens with zero attached hydrogens (tertiary/aromatic N) is 7. The van der Waals surface area contributed by atoms with Gasteiger partial charge in [0, 0.05) is 18.1 Å². The number of halogens is 1. The van der Waals surface area contributed by atoms with Gasteiger partial charge in [-0.25, -0.2) is 24.0 Å². The highest BCUT2D eigenvalue weighted by molar-refractivity contribution is 7.22. The normalized spacial score (nSPS) is 10.9. The van der Waals surface area contributed by atoms with Crippen molar-refractivity contribution in [1.82, 2.24) is 29.9 Å². The smallest absolute Gasteiger partial charge is 0.246 e. The van der Waals surface area contributed by atoms with E-state index in [1.807, 2.05) is 29.2 Å². The molecule has 164 valence electrons. The molecule has 2 aromatic carbocycles. The SMILES string of the molecule is O=C(Cn1cc(CN(c2ncccn2)c2nc3ccccc3s2)nn1)Nc1ccc(F)cc1. The number of hydrogen-bond donors (Lipinski definition) is 1. The minimum atomic E-state index is -0.367. The van der Waals surface area contributed by atoms with Gasteiger partial charge >= 0.3 is 0 Å². The topological polar surface area (TPSA) is 102 Å². The molecular weight excluding hydrogens is 443 g/mol. The van der Waals surface area contributed by atoms with Crippen LogP contribution in [-0.4, -0.2) is 35.9 Å². The fourth-order valence-electron chi connectivity index (χ4n) is 3.16. The number of thiazole rings is 1. The molecule has 5 rings (SSSR count). The average molecular weight is 460 g/mol. The summed E-state index contributed by atoms with van der Waals surface area (Å²) in [6.07, 6.45) is 5.02. The number of nitrogens with one attached hydrogen (secondary N) is 1. The van der Waals surface area contributed by atoms with Crippen molar-refractivity contribution in [2.75, 3.05) is 10.2 Å². The van der Waals surface area contributed by atoms with E-state index in [0.29, 0.717) is 23.9 Å². The lowest BCUT2D eigenvalue weighted by atomic mass is 10.3. The summed E-state index contributed by atoms with van der Waals surface area (Å²) in [6, 6.07) is 15.2. The molecule has 9 nitrogen and oxygen atoms in total. The van der Waals surface area contributed by atoms with Gasteiger partial charge < -0.3 is 5.32 Å². The third-order valence-electron chi connectivity index (χ3n) is 4.65. The van der Waals surface area contributed by atoms with Crippen molar-refractivity contribution >= 4 is 44.2 Å². The van der Waals surface area contributed by atoms with Crippen LogP contribution < -0.4 is 10.2 Å². The third-order valence-corrected chi connectivity index (χ3v) is 5.71. The molecule has 0 bridgehead atoms. The lowest BCUT2D eigenvalue weighted by Gasteiger charge is -2.17. The Hall–Kier alpha value is -4.25. The van der Waals surface area contributed by atoms with Crippen LogP contribution in [0.25, 0.3) is 10.2 Å². The van der Waals surface area contributed by atoms with Crippen LogP contribution >= 0.6 is 11.3 Å². The first-order valence-electron chi connectivity index (χ1n) is 9.98. The average Bonchev–Trinajstić information content (AvgIpc) is 3.46. The van der Waals surface area contributed by atoms with Gasteiger partial charge in [-0.05, 0) is 42.5 Å². The molecule has 0 unspecified atom stereocenters. The van der Waals surface area contributed by atoms with E-state index < -0.39 is 0 Å². The van der Waals surface area contributed by atoms with Crippen molar-refractivity contribution in [3.8, 4) is 0 Å². The van der Waals surface area contributed by atoms with E-state index in [4.69, 9.17) is 4.98 Å². The maximum Gasteiger partial charge on any atom is 0.246 e. The zero-order valence-electron chi connectivity index (χ0n) is 17.2. The molecule has 0 fully saturated rings. The second-order valence-electron chi connectivity index (χ2n) is 7.06. The van der Waals surface area contributed by atoms with Crippen LogP contribution in [0.2, 0.25) is 0 Å². The van der Waals surface area contributed by atoms with Gasteiger partial charge in [0.25, 0.3) is 0 Å². The van der Waals surface area contributed by atoms with Crippen LogP contribution in [0.15, 0.2) is 73.2 Å². The highest BCUT2D eigenvalue weighted by atomic mass is 32.1. The fourth-order valence-corrected chi connectivity index (χ4v) is 4.12. The minimum absolute atomic E-state index is 0.0344. The monoisotopic (exact) mass is 460 g/mol. The molecule has 11 heteroatoms. The van der Waals surface area contributed by atoms with Gasteiger partial charge in [0.2, 0.25) is 11.9 Å². The molecule has 33 heavy (non-hydrogen) atoms. The lowest BCUT2D eigenvalue weighted by molar-refractivity contribution is -0.116. The van der Waals surface area contributed by atoms with Gasteiger partial charge in [0.15, 0.2) is 5.13 Å². The van der Waals surface area contributed by atoms with E-state index in [1.54, 1.807) is 24.7 Å². The van der Waals surface area contributed by atoms with Gasteiger partial charge in [-0.1, -0.05) is 28.7 Å². The Morgan fingerprint density at radius 3 is 2.64 bits per heavy atom. The van der Waals surface area contributed by atoms with E-state index in [0.717, 1.165) is 15.3 Å². The van der Waals surface area contributed by atoms with Crippen molar-refractivity contribution in [3.05, 3.63) is 84.7 Å². The predicted octanol–water partition coefficient (Wildman–Crippen LogP) is 3.79. The van der Waals surface area contributed by atoms with Crippen LogP contribution in [0.3, 0.4) is 0 Å². The van der Waals surface area contributed by atoms with Crippen molar-refractivity contribution in [1.29, 1.82) is 0 Å². The van der Waals surface area contributed by atoms with Crippen molar-refractivity contribution in [2.45, 2.75) is 13.1 Å². The van der Waals surface area contributed by atoms with Gasteiger partial charge in [-0.3, -0.25) is 9.69 Å². The molecule has 0 atom stereocenters. The van der Waals surface area contributed by atoms with Gasteiger partial charge in [0.1, 0.15) is 18.1 Å². The first-order valence-corrected chi connectivity index (χ1v) is 10.8. The summed E-state index contributed by atoms with van der Waals surface area (Å²) in [6.45, 7) is 0.288. The molecule has 0 saturated heterocycles. The van der Waals surface area contributed by atoms with E-state index in [2.05, 4.69) is 25.6 Å². The summed E-state index contributed by atoms with van der Waals surface area (Å²) in [4.78, 5) is 27.6. The molecule has 0 aliphatic rings. The van der Waals surface area contributed by atoms with Crippen LogP contribution in [0.4, 0.5) is 21.2 Å². The van der Waals surface area contributed by atoms with Crippen LogP contribution in [0.1, 0.15) is 5.69 Å². The molecule has 0 saturated carbocycles. The number of hydrogen-bond acceptors (Lipinski definition) is 8. The molecule has 1 amide bonds. The van der Waals surface area contributed by atoms with Crippen LogP contribution in [0, 0.1) is 5.82 Å². The number of amides is 1. The minimum Gasteiger partial charge on any atom is -0.324 e. The number of carbonyl (C=O) groups excluding carboxylic acids is 1. The molecule has 3 heterocycles. The Morgan fingerprint density at radius 2 is 1.85 bits per heavy atom. The number of fused-ring (bicyclic) bond motifs is 1. The van der Waals surface area contributed by atoms with E-state index in [1.165, 1.54) is 40.3 Å². The largest absolute Gasteiger partial charge is 0.324 e. The van der Waals surface area contributed by atoms with Crippen LogP contribution in [0.5, 0.6) is 0 Å². The summed E-state index contributed by atoms with van der Waals surface area (Å²) in [5.41, 5.74) is 2.01. The zero-order valence-corrected chi connectivity index (χ0v) is 18.0. The Balaban J connectivity index is 1.33. The Labute approximate surface area is 191 Å². The standard InChI is InChI=1S/C22H17FN8OS/c23-15-6-8-16(9-7-15)26-20(32)14-30-12-17(28-29-30)13-31(21-24-10-3-11-25-21)22-27-18-4-1-2-5-19(18)33-22/h1-12H,13-14H2,(H,26,32). The quantitative estimate of drug-likeness (QED) is 0.394. The Kier molecular flexibility index (Phi) is 5.68. The first kappa shape index (κ1) is 20.6. The number of benzene rings is 2. The molecule has 0 spiro atoms. The number of aromatic nitrogens is 6. The summed E-state index contributed by atoms with van der Waals surface area (Å²) in [7, 11) is 0. The van der Waals surface area contributed by atoms with Gasteiger partial charge in [-0.15, -0.1) is 5.10 Å². The fraction of sp³-hybridized carbons (Fsp3) is 0.0909. The predicted molar refractivity (Wildman–Crippen MR) is 123 cm³/mol. The molecule has 0 radical (unpaired) electrons. The number of para-hydroxylation sites is 1. The maximum atomic E-state index is 13.0. The zero-order chi connectivity index (χ0) is 22.6. The lowest BCUT2D eigenvalue weighted by Crippen LogP contribution is -2.19. The van der Waals surface area contributed by atoms with Gasteiger partial charge in [-0.2, -0.15) is 0 Å². The molecule has 0 aliphatic carbocycles. The first-order chi connectivity index (χ1) is 16.1. The molecule has 1 N–H and O–H groups in total. The van der Waals surface area contributed by atoms with E-state index >= 15 is 0 Å². The summed E-state index contributed by atoms with van der Waals surface area (Å²) >= 11 is 1.53.